The average molecular weight is 273 g/mol. The second-order valence-corrected chi connectivity index (χ2v) is 2.63. The molecule has 75 valence electrons. The van der Waals surface area contributed by atoms with Gasteiger partial charge in [-0.1, -0.05) is 30.3 Å². The second-order valence-electron chi connectivity index (χ2n) is 2.63. The molecule has 0 saturated heterocycles. The van der Waals surface area contributed by atoms with Crippen LogP contribution < -0.4 is 5.73 Å². The normalized spacial score (nSPS) is 11.5. The molecule has 4 heteroatoms. The summed E-state index contributed by atoms with van der Waals surface area (Å²) in [5.74, 6) is -0.959. The van der Waals surface area contributed by atoms with Crippen molar-refractivity contribution in [3.8, 4) is 0 Å². The van der Waals surface area contributed by atoms with E-state index in [-0.39, 0.29) is 22.4 Å². The Kier molecular flexibility index (Phi) is 5.66. The molecule has 1 radical (unpaired) electrons. The quantitative estimate of drug-likeness (QED) is 0.794. The van der Waals surface area contributed by atoms with Gasteiger partial charge in [0.2, 0.25) is 0 Å². The second kappa shape index (κ2) is 5.94. The summed E-state index contributed by atoms with van der Waals surface area (Å²) in [5, 5.41) is 8.52. The molecule has 0 aliphatic carbocycles. The Labute approximate surface area is 92.5 Å². The summed E-state index contributed by atoms with van der Waals surface area (Å²) < 4.78 is 0. The summed E-state index contributed by atoms with van der Waals surface area (Å²) in [6, 6.07) is 8.54. The maximum Gasteiger partial charge on any atom is 0.320 e. The van der Waals surface area contributed by atoms with Gasteiger partial charge in [0.05, 0.1) is 0 Å². The Morgan fingerprint density at radius 1 is 1.38 bits per heavy atom. The smallest absolute Gasteiger partial charge is 0.320 e. The molecule has 1 aromatic rings. The molecule has 1 atom stereocenters. The number of carbonyl (C=O) groups is 1. The molecule has 0 unspecified atom stereocenters. The SMILES string of the molecule is N[C@@H](Cc1ccccc1)C(=O)O.[Ag]. The number of nitrogens with two attached hydrogens (primary N) is 1. The molecular formula is C9H11AgNO2. The Hall–Kier alpha value is -0.610. The van der Waals surface area contributed by atoms with Gasteiger partial charge in [-0.3, -0.25) is 4.79 Å². The van der Waals surface area contributed by atoms with Crippen LogP contribution in [0.5, 0.6) is 0 Å². The largest absolute Gasteiger partial charge is 0.480 e. The van der Waals surface area contributed by atoms with E-state index in [1.807, 2.05) is 30.3 Å². The fraction of sp³-hybridized carbons (Fsp3) is 0.222. The molecule has 0 aliphatic heterocycles. The van der Waals surface area contributed by atoms with Crippen LogP contribution >= 0.6 is 0 Å². The van der Waals surface area contributed by atoms with Crippen molar-refractivity contribution >= 4 is 5.97 Å². The zero-order valence-electron chi connectivity index (χ0n) is 6.91. The molecule has 3 nitrogen and oxygen atoms in total. The van der Waals surface area contributed by atoms with E-state index in [0.717, 1.165) is 5.56 Å². The zero-order valence-corrected chi connectivity index (χ0v) is 8.39. The first kappa shape index (κ1) is 12.4. The van der Waals surface area contributed by atoms with Crippen molar-refractivity contribution < 1.29 is 32.3 Å². The minimum atomic E-state index is -0.959. The van der Waals surface area contributed by atoms with Gasteiger partial charge in [0.25, 0.3) is 0 Å². The van der Waals surface area contributed by atoms with Gasteiger partial charge >= 0.3 is 5.97 Å². The topological polar surface area (TPSA) is 63.3 Å². The third-order valence-electron chi connectivity index (χ3n) is 1.62. The molecule has 3 N–H and O–H groups in total. The van der Waals surface area contributed by atoms with Crippen LogP contribution in [0.25, 0.3) is 0 Å². The van der Waals surface area contributed by atoms with Crippen molar-refractivity contribution in [1.82, 2.24) is 0 Å². The minimum Gasteiger partial charge on any atom is -0.480 e. The van der Waals surface area contributed by atoms with Crippen molar-refractivity contribution in [2.45, 2.75) is 12.5 Å². The van der Waals surface area contributed by atoms with Crippen LogP contribution in [0.1, 0.15) is 5.56 Å². The summed E-state index contributed by atoms with van der Waals surface area (Å²) in [6.07, 6.45) is 0.385. The van der Waals surface area contributed by atoms with Crippen molar-refractivity contribution in [1.29, 1.82) is 0 Å². The number of benzene rings is 1. The fourth-order valence-electron chi connectivity index (χ4n) is 0.955. The molecule has 0 heterocycles. The monoisotopic (exact) mass is 272 g/mol. The summed E-state index contributed by atoms with van der Waals surface area (Å²) in [7, 11) is 0. The Balaban J connectivity index is 0.00000144. The molecule has 13 heavy (non-hydrogen) atoms. The van der Waals surface area contributed by atoms with E-state index in [2.05, 4.69) is 0 Å². The molecule has 1 aromatic carbocycles. The van der Waals surface area contributed by atoms with Gasteiger partial charge in [-0.25, -0.2) is 0 Å². The van der Waals surface area contributed by atoms with Crippen LogP contribution in [0.4, 0.5) is 0 Å². The maximum atomic E-state index is 10.4. The van der Waals surface area contributed by atoms with Gasteiger partial charge in [0.1, 0.15) is 6.04 Å². The van der Waals surface area contributed by atoms with Gasteiger partial charge in [-0.2, -0.15) is 0 Å². The Morgan fingerprint density at radius 2 is 1.92 bits per heavy atom. The van der Waals surface area contributed by atoms with Crippen LogP contribution in [0.3, 0.4) is 0 Å². The van der Waals surface area contributed by atoms with Gasteiger partial charge in [-0.05, 0) is 12.0 Å². The number of carboxylic acids is 1. The summed E-state index contributed by atoms with van der Waals surface area (Å²) in [5.41, 5.74) is 6.30. The standard InChI is InChI=1S/C9H11NO2.Ag/c10-8(9(11)12)6-7-4-2-1-3-5-7;/h1-5,8H,6,10H2,(H,11,12);/t8-;/m0./s1. The van der Waals surface area contributed by atoms with E-state index >= 15 is 0 Å². The molecule has 0 aromatic heterocycles. The van der Waals surface area contributed by atoms with Crippen molar-refractivity contribution in [2.24, 2.45) is 5.73 Å². The molecule has 0 aliphatic rings. The zero-order chi connectivity index (χ0) is 8.97. The van der Waals surface area contributed by atoms with Crippen LogP contribution in [-0.2, 0) is 33.6 Å². The summed E-state index contributed by atoms with van der Waals surface area (Å²) >= 11 is 0. The Bertz CT molecular complexity index is 264. The van der Waals surface area contributed by atoms with Crippen molar-refractivity contribution in [3.05, 3.63) is 35.9 Å². The van der Waals surface area contributed by atoms with Crippen LogP contribution in [0.15, 0.2) is 30.3 Å². The maximum absolute atomic E-state index is 10.4. The van der Waals surface area contributed by atoms with Crippen LogP contribution in [-0.4, -0.2) is 17.1 Å². The van der Waals surface area contributed by atoms with Crippen molar-refractivity contribution in [3.63, 3.8) is 0 Å². The van der Waals surface area contributed by atoms with Gasteiger partial charge in [-0.15, -0.1) is 0 Å². The first-order valence-electron chi connectivity index (χ1n) is 3.72. The predicted octanol–water partition coefficient (Wildman–Crippen LogP) is 0.639. The number of rotatable bonds is 3. The van der Waals surface area contributed by atoms with E-state index in [1.54, 1.807) is 0 Å². The fourth-order valence-corrected chi connectivity index (χ4v) is 0.955. The summed E-state index contributed by atoms with van der Waals surface area (Å²) in [4.78, 5) is 10.4. The van der Waals surface area contributed by atoms with E-state index in [4.69, 9.17) is 10.8 Å². The molecule has 0 bridgehead atoms. The predicted molar refractivity (Wildman–Crippen MR) is 45.8 cm³/mol. The van der Waals surface area contributed by atoms with E-state index in [0.29, 0.717) is 6.42 Å². The number of aliphatic carboxylic acids is 1. The van der Waals surface area contributed by atoms with Crippen LogP contribution in [0.2, 0.25) is 0 Å². The van der Waals surface area contributed by atoms with Gasteiger partial charge in [0, 0.05) is 22.4 Å². The molecule has 0 fully saturated rings. The third-order valence-corrected chi connectivity index (χ3v) is 1.62. The summed E-state index contributed by atoms with van der Waals surface area (Å²) in [6.45, 7) is 0. The first-order valence-corrected chi connectivity index (χ1v) is 3.72. The van der Waals surface area contributed by atoms with Crippen LogP contribution in [0, 0.1) is 0 Å². The minimum absolute atomic E-state index is 0. The molecule has 0 spiro atoms. The molecule has 1 rings (SSSR count). The van der Waals surface area contributed by atoms with E-state index in [1.165, 1.54) is 0 Å². The van der Waals surface area contributed by atoms with E-state index < -0.39 is 12.0 Å². The number of carboxylic acid groups (broad SMARTS) is 1. The molecule has 0 saturated carbocycles. The number of hydrogen-bond acceptors (Lipinski definition) is 2. The van der Waals surface area contributed by atoms with Crippen molar-refractivity contribution in [2.75, 3.05) is 0 Å². The number of hydrogen-bond donors (Lipinski definition) is 2. The Morgan fingerprint density at radius 3 is 2.38 bits per heavy atom. The molecule has 0 amide bonds. The first-order chi connectivity index (χ1) is 5.70. The third kappa shape index (κ3) is 4.24. The van der Waals surface area contributed by atoms with E-state index in [9.17, 15) is 4.79 Å². The molecular weight excluding hydrogens is 262 g/mol. The van der Waals surface area contributed by atoms with Gasteiger partial charge in [0.15, 0.2) is 0 Å². The van der Waals surface area contributed by atoms with Gasteiger partial charge < -0.3 is 10.8 Å². The average Bonchev–Trinajstić information content (AvgIpc) is 2.06.